The largest absolute Gasteiger partial charge is 0.494 e. The standard InChI is InChI=1S/C14H11BrO2/c1-2-16-10-4-6-14-12(8-10)11-7-9(15)3-5-13(11)17-14/h3-8H,2H2,1H3. The molecule has 1 heterocycles. The van der Waals surface area contributed by atoms with E-state index in [9.17, 15) is 0 Å². The number of halogens is 1. The highest BCUT2D eigenvalue weighted by atomic mass is 79.9. The van der Waals surface area contributed by atoms with Gasteiger partial charge < -0.3 is 9.15 Å². The van der Waals surface area contributed by atoms with Gasteiger partial charge in [0.25, 0.3) is 0 Å². The van der Waals surface area contributed by atoms with Crippen molar-refractivity contribution in [1.29, 1.82) is 0 Å². The maximum Gasteiger partial charge on any atom is 0.135 e. The number of benzene rings is 2. The fourth-order valence-corrected chi connectivity index (χ4v) is 2.35. The highest BCUT2D eigenvalue weighted by Crippen LogP contribution is 2.32. The van der Waals surface area contributed by atoms with E-state index in [2.05, 4.69) is 22.0 Å². The van der Waals surface area contributed by atoms with Crippen LogP contribution in [-0.2, 0) is 0 Å². The maximum absolute atomic E-state index is 5.76. The molecule has 2 nitrogen and oxygen atoms in total. The molecule has 3 aromatic rings. The minimum absolute atomic E-state index is 0.672. The predicted molar refractivity (Wildman–Crippen MR) is 72.6 cm³/mol. The van der Waals surface area contributed by atoms with E-state index in [4.69, 9.17) is 9.15 Å². The SMILES string of the molecule is CCOc1ccc2oc3ccc(Br)cc3c2c1. The lowest BCUT2D eigenvalue weighted by Gasteiger charge is -2.01. The zero-order chi connectivity index (χ0) is 11.8. The first-order valence-corrected chi connectivity index (χ1v) is 6.32. The molecule has 0 saturated carbocycles. The highest BCUT2D eigenvalue weighted by Gasteiger charge is 2.08. The lowest BCUT2D eigenvalue weighted by Crippen LogP contribution is -1.90. The first-order valence-electron chi connectivity index (χ1n) is 5.52. The van der Waals surface area contributed by atoms with Gasteiger partial charge in [0.1, 0.15) is 16.9 Å². The fraction of sp³-hybridized carbons (Fsp3) is 0.143. The smallest absolute Gasteiger partial charge is 0.135 e. The Labute approximate surface area is 107 Å². The van der Waals surface area contributed by atoms with Gasteiger partial charge in [0.2, 0.25) is 0 Å². The summed E-state index contributed by atoms with van der Waals surface area (Å²) in [5.41, 5.74) is 1.79. The van der Waals surface area contributed by atoms with Crippen molar-refractivity contribution < 1.29 is 9.15 Å². The predicted octanol–water partition coefficient (Wildman–Crippen LogP) is 4.75. The third-order valence-electron chi connectivity index (χ3n) is 2.71. The Bertz CT molecular complexity index is 685. The topological polar surface area (TPSA) is 22.4 Å². The molecule has 0 unspecified atom stereocenters. The second kappa shape index (κ2) is 4.08. The lowest BCUT2D eigenvalue weighted by molar-refractivity contribution is 0.340. The molecule has 0 N–H and O–H groups in total. The summed E-state index contributed by atoms with van der Waals surface area (Å²) in [4.78, 5) is 0. The van der Waals surface area contributed by atoms with Crippen LogP contribution in [0.15, 0.2) is 45.3 Å². The molecule has 0 fully saturated rings. The van der Waals surface area contributed by atoms with E-state index in [1.54, 1.807) is 0 Å². The van der Waals surface area contributed by atoms with Crippen molar-refractivity contribution in [2.24, 2.45) is 0 Å². The van der Waals surface area contributed by atoms with Crippen LogP contribution in [0.4, 0.5) is 0 Å². The van der Waals surface area contributed by atoms with Crippen LogP contribution in [0.1, 0.15) is 6.92 Å². The molecule has 17 heavy (non-hydrogen) atoms. The first kappa shape index (κ1) is 10.7. The molecule has 0 spiro atoms. The molecule has 86 valence electrons. The van der Waals surface area contributed by atoms with Crippen molar-refractivity contribution in [3.05, 3.63) is 40.9 Å². The Morgan fingerprint density at radius 1 is 1.06 bits per heavy atom. The Morgan fingerprint density at radius 2 is 1.76 bits per heavy atom. The van der Waals surface area contributed by atoms with E-state index in [0.29, 0.717) is 6.61 Å². The molecule has 0 aliphatic rings. The van der Waals surface area contributed by atoms with Crippen LogP contribution in [0.25, 0.3) is 21.9 Å². The van der Waals surface area contributed by atoms with Crippen LogP contribution in [0.3, 0.4) is 0 Å². The number of furan rings is 1. The second-order valence-corrected chi connectivity index (χ2v) is 4.75. The molecule has 0 saturated heterocycles. The molecule has 0 atom stereocenters. The number of hydrogen-bond acceptors (Lipinski definition) is 2. The molecule has 0 aliphatic heterocycles. The summed E-state index contributed by atoms with van der Waals surface area (Å²) in [6.07, 6.45) is 0. The van der Waals surface area contributed by atoms with Crippen molar-refractivity contribution in [2.45, 2.75) is 6.92 Å². The van der Waals surface area contributed by atoms with E-state index in [0.717, 1.165) is 32.2 Å². The lowest BCUT2D eigenvalue weighted by atomic mass is 10.1. The average molecular weight is 291 g/mol. The third kappa shape index (κ3) is 1.80. The van der Waals surface area contributed by atoms with Gasteiger partial charge >= 0.3 is 0 Å². The Kier molecular flexibility index (Phi) is 2.56. The Morgan fingerprint density at radius 3 is 2.53 bits per heavy atom. The van der Waals surface area contributed by atoms with Gasteiger partial charge in [-0.1, -0.05) is 15.9 Å². The van der Waals surface area contributed by atoms with Crippen molar-refractivity contribution in [2.75, 3.05) is 6.61 Å². The van der Waals surface area contributed by atoms with Crippen molar-refractivity contribution >= 4 is 37.9 Å². The van der Waals surface area contributed by atoms with Gasteiger partial charge in [-0.25, -0.2) is 0 Å². The quantitative estimate of drug-likeness (QED) is 0.680. The maximum atomic E-state index is 5.76. The van der Waals surface area contributed by atoms with Crippen molar-refractivity contribution in [1.82, 2.24) is 0 Å². The normalized spacial score (nSPS) is 11.2. The van der Waals surface area contributed by atoms with E-state index in [1.807, 2.05) is 37.3 Å². The molecule has 3 rings (SSSR count). The van der Waals surface area contributed by atoms with Crippen LogP contribution in [0.2, 0.25) is 0 Å². The molecule has 1 aromatic heterocycles. The monoisotopic (exact) mass is 290 g/mol. The summed E-state index contributed by atoms with van der Waals surface area (Å²) in [5, 5.41) is 2.20. The fourth-order valence-electron chi connectivity index (χ4n) is 1.99. The van der Waals surface area contributed by atoms with Crippen LogP contribution in [-0.4, -0.2) is 6.61 Å². The van der Waals surface area contributed by atoms with Crippen LogP contribution >= 0.6 is 15.9 Å². The van der Waals surface area contributed by atoms with E-state index >= 15 is 0 Å². The zero-order valence-corrected chi connectivity index (χ0v) is 11.0. The number of rotatable bonds is 2. The molecule has 0 radical (unpaired) electrons. The first-order chi connectivity index (χ1) is 8.28. The Balaban J connectivity index is 2.31. The molecular formula is C14H11BrO2. The van der Waals surface area contributed by atoms with Gasteiger partial charge in [-0.05, 0) is 43.3 Å². The number of ether oxygens (including phenoxy) is 1. The van der Waals surface area contributed by atoms with Gasteiger partial charge in [-0.2, -0.15) is 0 Å². The summed E-state index contributed by atoms with van der Waals surface area (Å²) < 4.78 is 12.3. The zero-order valence-electron chi connectivity index (χ0n) is 9.37. The van der Waals surface area contributed by atoms with Crippen LogP contribution < -0.4 is 4.74 Å². The summed E-state index contributed by atoms with van der Waals surface area (Å²) in [6.45, 7) is 2.65. The van der Waals surface area contributed by atoms with Crippen molar-refractivity contribution in [3.63, 3.8) is 0 Å². The van der Waals surface area contributed by atoms with Gasteiger partial charge in [0.05, 0.1) is 6.61 Å². The summed E-state index contributed by atoms with van der Waals surface area (Å²) in [6, 6.07) is 11.9. The summed E-state index contributed by atoms with van der Waals surface area (Å²) >= 11 is 3.48. The van der Waals surface area contributed by atoms with Gasteiger partial charge in [0.15, 0.2) is 0 Å². The summed E-state index contributed by atoms with van der Waals surface area (Å²) in [5.74, 6) is 0.877. The minimum Gasteiger partial charge on any atom is -0.494 e. The van der Waals surface area contributed by atoms with Crippen LogP contribution in [0.5, 0.6) is 5.75 Å². The molecule has 2 aromatic carbocycles. The minimum atomic E-state index is 0.672. The number of hydrogen-bond donors (Lipinski definition) is 0. The third-order valence-corrected chi connectivity index (χ3v) is 3.21. The molecule has 0 amide bonds. The van der Waals surface area contributed by atoms with Gasteiger partial charge in [0, 0.05) is 15.2 Å². The molecule has 3 heteroatoms. The highest BCUT2D eigenvalue weighted by molar-refractivity contribution is 9.10. The summed E-state index contributed by atoms with van der Waals surface area (Å²) in [7, 11) is 0. The van der Waals surface area contributed by atoms with Crippen molar-refractivity contribution in [3.8, 4) is 5.75 Å². The van der Waals surface area contributed by atoms with E-state index in [1.165, 1.54) is 0 Å². The second-order valence-electron chi connectivity index (χ2n) is 3.83. The number of fused-ring (bicyclic) bond motifs is 3. The van der Waals surface area contributed by atoms with Gasteiger partial charge in [-0.3, -0.25) is 0 Å². The molecule has 0 aliphatic carbocycles. The van der Waals surface area contributed by atoms with Crippen LogP contribution in [0, 0.1) is 0 Å². The molecule has 0 bridgehead atoms. The Hall–Kier alpha value is -1.48. The van der Waals surface area contributed by atoms with E-state index < -0.39 is 0 Å². The molecular weight excluding hydrogens is 280 g/mol. The van der Waals surface area contributed by atoms with Gasteiger partial charge in [-0.15, -0.1) is 0 Å². The van der Waals surface area contributed by atoms with E-state index in [-0.39, 0.29) is 0 Å². The average Bonchev–Trinajstić information content (AvgIpc) is 2.67.